The first-order valence-corrected chi connectivity index (χ1v) is 8.80. The molecule has 3 rings (SSSR count). The average molecular weight is 319 g/mol. The Morgan fingerprint density at radius 3 is 2.71 bits per heavy atom. The molecule has 2 aromatic carbocycles. The Bertz CT molecular complexity index is 782. The molecule has 0 amide bonds. The summed E-state index contributed by atoms with van der Waals surface area (Å²) >= 11 is 0. The maximum Gasteiger partial charge on any atom is 0.0790 e. The Kier molecular flexibility index (Phi) is 5.50. The van der Waals surface area contributed by atoms with Gasteiger partial charge in [0, 0.05) is 11.2 Å². The Morgan fingerprint density at radius 1 is 1.00 bits per heavy atom. The number of aliphatic hydroxyl groups excluding tert-OH is 1. The summed E-state index contributed by atoms with van der Waals surface area (Å²) in [6.45, 7) is 2.18. The smallest absolute Gasteiger partial charge is 0.0790 e. The number of aliphatic hydroxyl groups is 1. The summed E-state index contributed by atoms with van der Waals surface area (Å²) in [4.78, 5) is 3.40. The molecule has 0 aliphatic carbocycles. The largest absolute Gasteiger partial charge is 0.388 e. The molecule has 24 heavy (non-hydrogen) atoms. The van der Waals surface area contributed by atoms with Crippen LogP contribution in [0.3, 0.4) is 0 Å². The highest BCUT2D eigenvalue weighted by Crippen LogP contribution is 2.22. The second-order valence-electron chi connectivity index (χ2n) is 6.33. The van der Waals surface area contributed by atoms with Gasteiger partial charge in [0.05, 0.1) is 6.10 Å². The van der Waals surface area contributed by atoms with Gasteiger partial charge in [-0.2, -0.15) is 0 Å². The molecule has 0 saturated carbocycles. The molecule has 2 N–H and O–H groups in total. The van der Waals surface area contributed by atoms with Gasteiger partial charge in [-0.1, -0.05) is 68.7 Å². The zero-order valence-electron chi connectivity index (χ0n) is 14.2. The van der Waals surface area contributed by atoms with Crippen molar-refractivity contribution in [1.82, 2.24) is 4.98 Å². The first kappa shape index (κ1) is 16.5. The van der Waals surface area contributed by atoms with E-state index in [1.54, 1.807) is 0 Å². The molecule has 2 nitrogen and oxygen atoms in total. The number of aromatic nitrogens is 1. The number of H-pyrrole nitrogens is 1. The van der Waals surface area contributed by atoms with Gasteiger partial charge in [-0.3, -0.25) is 0 Å². The molecule has 0 aliphatic heterocycles. The van der Waals surface area contributed by atoms with Crippen molar-refractivity contribution >= 4 is 23.1 Å². The third-order valence-electron chi connectivity index (χ3n) is 4.38. The molecule has 0 radical (unpaired) electrons. The molecule has 2 heteroatoms. The number of aromatic amines is 1. The molecule has 1 atom stereocenters. The van der Waals surface area contributed by atoms with E-state index in [0.29, 0.717) is 0 Å². The predicted octanol–water partition coefficient (Wildman–Crippen LogP) is 5.95. The van der Waals surface area contributed by atoms with Crippen LogP contribution in [0.4, 0.5) is 0 Å². The Labute approximate surface area is 143 Å². The van der Waals surface area contributed by atoms with Crippen LogP contribution >= 0.6 is 0 Å². The minimum Gasteiger partial charge on any atom is -0.388 e. The number of hydrogen-bond acceptors (Lipinski definition) is 1. The van der Waals surface area contributed by atoms with Gasteiger partial charge in [0.25, 0.3) is 0 Å². The minimum absolute atomic E-state index is 0.363. The fraction of sp³-hybridized carbons (Fsp3) is 0.273. The number of hydrogen-bond donors (Lipinski definition) is 2. The standard InChI is InChI=1S/C22H25NO/c1-2-3-4-12-22(24)19-10-7-8-17(15-19)13-14-20-16-18-9-5-6-11-21(18)23-20/h5-11,13-16,22-24H,2-4,12H2,1H3/b14-13+. The maximum absolute atomic E-state index is 10.3. The molecule has 3 aromatic rings. The Balaban J connectivity index is 1.71. The lowest BCUT2D eigenvalue weighted by atomic mass is 10.0. The van der Waals surface area contributed by atoms with Crippen molar-refractivity contribution in [3.63, 3.8) is 0 Å². The molecule has 0 saturated heterocycles. The van der Waals surface area contributed by atoms with Crippen LogP contribution in [-0.2, 0) is 0 Å². The first-order valence-electron chi connectivity index (χ1n) is 8.80. The third-order valence-corrected chi connectivity index (χ3v) is 4.38. The first-order chi connectivity index (χ1) is 11.8. The van der Waals surface area contributed by atoms with Crippen molar-refractivity contribution in [3.8, 4) is 0 Å². The fourth-order valence-corrected chi connectivity index (χ4v) is 3.00. The van der Waals surface area contributed by atoms with Gasteiger partial charge < -0.3 is 10.1 Å². The summed E-state index contributed by atoms with van der Waals surface area (Å²) in [5, 5.41) is 11.5. The Morgan fingerprint density at radius 2 is 1.88 bits per heavy atom. The number of rotatable bonds is 7. The molecular weight excluding hydrogens is 294 g/mol. The van der Waals surface area contributed by atoms with Crippen LogP contribution in [0.5, 0.6) is 0 Å². The van der Waals surface area contributed by atoms with E-state index in [-0.39, 0.29) is 6.10 Å². The molecule has 124 valence electrons. The highest BCUT2D eigenvalue weighted by Gasteiger charge is 2.07. The lowest BCUT2D eigenvalue weighted by Crippen LogP contribution is -1.97. The van der Waals surface area contributed by atoms with Gasteiger partial charge in [0.1, 0.15) is 0 Å². The average Bonchev–Trinajstić information content (AvgIpc) is 3.03. The van der Waals surface area contributed by atoms with Crippen molar-refractivity contribution in [3.05, 3.63) is 71.4 Å². The summed E-state index contributed by atoms with van der Waals surface area (Å²) in [6, 6.07) is 18.6. The van der Waals surface area contributed by atoms with E-state index in [2.05, 4.69) is 54.4 Å². The highest BCUT2D eigenvalue weighted by atomic mass is 16.3. The summed E-state index contributed by atoms with van der Waals surface area (Å²) in [6.07, 6.45) is 8.08. The molecular formula is C22H25NO. The van der Waals surface area contributed by atoms with Crippen LogP contribution in [0, 0.1) is 0 Å². The summed E-state index contributed by atoms with van der Waals surface area (Å²) < 4.78 is 0. The van der Waals surface area contributed by atoms with E-state index in [1.165, 1.54) is 18.2 Å². The van der Waals surface area contributed by atoms with Gasteiger partial charge in [0.15, 0.2) is 0 Å². The normalized spacial score (nSPS) is 12.9. The quantitative estimate of drug-likeness (QED) is 0.518. The van der Waals surface area contributed by atoms with E-state index in [4.69, 9.17) is 0 Å². The van der Waals surface area contributed by atoms with Crippen molar-refractivity contribution in [2.75, 3.05) is 0 Å². The second-order valence-corrected chi connectivity index (χ2v) is 6.33. The van der Waals surface area contributed by atoms with Gasteiger partial charge in [-0.15, -0.1) is 0 Å². The van der Waals surface area contributed by atoms with E-state index >= 15 is 0 Å². The van der Waals surface area contributed by atoms with Gasteiger partial charge in [0.2, 0.25) is 0 Å². The molecule has 1 heterocycles. The summed E-state index contributed by atoms with van der Waals surface area (Å²) in [7, 11) is 0. The molecule has 0 spiro atoms. The number of nitrogens with one attached hydrogen (secondary N) is 1. The van der Waals surface area contributed by atoms with Crippen LogP contribution in [-0.4, -0.2) is 10.1 Å². The van der Waals surface area contributed by atoms with E-state index in [9.17, 15) is 5.11 Å². The van der Waals surface area contributed by atoms with Gasteiger partial charge in [-0.05, 0) is 47.2 Å². The lowest BCUT2D eigenvalue weighted by Gasteiger charge is -2.11. The van der Waals surface area contributed by atoms with Crippen molar-refractivity contribution < 1.29 is 5.11 Å². The molecule has 0 aliphatic rings. The number of fused-ring (bicyclic) bond motifs is 1. The predicted molar refractivity (Wildman–Crippen MR) is 103 cm³/mol. The van der Waals surface area contributed by atoms with Crippen LogP contribution < -0.4 is 0 Å². The van der Waals surface area contributed by atoms with Crippen molar-refractivity contribution in [2.45, 2.75) is 38.7 Å². The lowest BCUT2D eigenvalue weighted by molar-refractivity contribution is 0.163. The Hall–Kier alpha value is -2.32. The minimum atomic E-state index is -0.363. The maximum atomic E-state index is 10.3. The molecule has 0 bridgehead atoms. The second kappa shape index (κ2) is 7.98. The number of para-hydroxylation sites is 1. The SMILES string of the molecule is CCCCCC(O)c1cccc(/C=C/c2cc3ccccc3[nH]2)c1. The fourth-order valence-electron chi connectivity index (χ4n) is 3.00. The van der Waals surface area contributed by atoms with Crippen LogP contribution in [0.25, 0.3) is 23.1 Å². The van der Waals surface area contributed by atoms with E-state index in [0.717, 1.165) is 35.2 Å². The van der Waals surface area contributed by atoms with E-state index < -0.39 is 0 Å². The zero-order chi connectivity index (χ0) is 16.8. The summed E-state index contributed by atoms with van der Waals surface area (Å²) in [5.41, 5.74) is 4.35. The highest BCUT2D eigenvalue weighted by molar-refractivity contribution is 5.84. The zero-order valence-corrected chi connectivity index (χ0v) is 14.2. The molecule has 1 unspecified atom stereocenters. The van der Waals surface area contributed by atoms with E-state index in [1.807, 2.05) is 24.3 Å². The molecule has 1 aromatic heterocycles. The van der Waals surface area contributed by atoms with Crippen LogP contribution in [0.2, 0.25) is 0 Å². The van der Waals surface area contributed by atoms with Gasteiger partial charge in [-0.25, -0.2) is 0 Å². The third kappa shape index (κ3) is 4.15. The van der Waals surface area contributed by atoms with Crippen molar-refractivity contribution in [1.29, 1.82) is 0 Å². The topological polar surface area (TPSA) is 36.0 Å². The number of unbranched alkanes of at least 4 members (excludes halogenated alkanes) is 2. The van der Waals surface area contributed by atoms with Gasteiger partial charge >= 0.3 is 0 Å². The monoisotopic (exact) mass is 319 g/mol. The van der Waals surface area contributed by atoms with Crippen molar-refractivity contribution in [2.24, 2.45) is 0 Å². The summed E-state index contributed by atoms with van der Waals surface area (Å²) in [5.74, 6) is 0. The van der Waals surface area contributed by atoms with Crippen LogP contribution in [0.1, 0.15) is 55.5 Å². The number of benzene rings is 2. The van der Waals surface area contributed by atoms with Crippen LogP contribution in [0.15, 0.2) is 54.6 Å². The molecule has 0 fully saturated rings.